The Balaban J connectivity index is 2.00. The zero-order chi connectivity index (χ0) is 16.8. The predicted molar refractivity (Wildman–Crippen MR) is 91.5 cm³/mol. The summed E-state index contributed by atoms with van der Waals surface area (Å²) in [5.74, 6) is 0.657. The Morgan fingerprint density at radius 2 is 1.96 bits per heavy atom. The molecule has 6 heteroatoms. The molecule has 0 fully saturated rings. The maximum absolute atomic E-state index is 12.2. The van der Waals surface area contributed by atoms with E-state index in [1.165, 1.54) is 0 Å². The Bertz CT molecular complexity index is 633. The van der Waals surface area contributed by atoms with Gasteiger partial charge in [0.2, 0.25) is 0 Å². The molecule has 0 spiro atoms. The number of nitrogens with zero attached hydrogens (tertiary/aromatic N) is 4. The molecule has 2 aromatic rings. The average molecular weight is 315 g/mol. The van der Waals surface area contributed by atoms with Crippen molar-refractivity contribution >= 4 is 11.6 Å². The molecule has 0 bridgehead atoms. The van der Waals surface area contributed by atoms with Crippen molar-refractivity contribution in [2.45, 2.75) is 46.8 Å². The number of hydrogen-bond donors (Lipinski definition) is 1. The van der Waals surface area contributed by atoms with E-state index >= 15 is 0 Å². The second kappa shape index (κ2) is 7.76. The molecule has 1 aromatic heterocycles. The van der Waals surface area contributed by atoms with Gasteiger partial charge in [0.25, 0.3) is 5.91 Å². The summed E-state index contributed by atoms with van der Waals surface area (Å²) in [6, 6.07) is 8.14. The number of anilines is 1. The second-order valence-corrected chi connectivity index (χ2v) is 5.64. The van der Waals surface area contributed by atoms with Gasteiger partial charge in [0.1, 0.15) is 6.33 Å². The van der Waals surface area contributed by atoms with Gasteiger partial charge in [-0.2, -0.15) is 0 Å². The van der Waals surface area contributed by atoms with Crippen LogP contribution >= 0.6 is 0 Å². The molecule has 23 heavy (non-hydrogen) atoms. The van der Waals surface area contributed by atoms with Gasteiger partial charge in [-0.15, -0.1) is 10.2 Å². The highest BCUT2D eigenvalue weighted by atomic mass is 16.1. The average Bonchev–Trinajstić information content (AvgIpc) is 3.01. The summed E-state index contributed by atoms with van der Waals surface area (Å²) in [6.07, 6.45) is 1.67. The summed E-state index contributed by atoms with van der Waals surface area (Å²) in [5, 5.41) is 10.8. The molecule has 6 nitrogen and oxygen atoms in total. The fourth-order valence-electron chi connectivity index (χ4n) is 2.59. The molecule has 0 unspecified atom stereocenters. The SMILES string of the molecule is CCN(c1ccc(C(=O)NCc2nncn2CC)cc1)C(C)C. The van der Waals surface area contributed by atoms with E-state index in [0.29, 0.717) is 18.2 Å². The fraction of sp³-hybridized carbons (Fsp3) is 0.471. The van der Waals surface area contributed by atoms with E-state index in [0.717, 1.165) is 24.6 Å². The maximum atomic E-state index is 12.2. The van der Waals surface area contributed by atoms with E-state index in [4.69, 9.17) is 0 Å². The smallest absolute Gasteiger partial charge is 0.251 e. The number of aromatic nitrogens is 3. The lowest BCUT2D eigenvalue weighted by Crippen LogP contribution is -2.30. The van der Waals surface area contributed by atoms with Crippen molar-refractivity contribution < 1.29 is 4.79 Å². The van der Waals surface area contributed by atoms with Gasteiger partial charge in [0, 0.05) is 30.4 Å². The van der Waals surface area contributed by atoms with E-state index < -0.39 is 0 Å². The van der Waals surface area contributed by atoms with Crippen LogP contribution in [0, 0.1) is 0 Å². The van der Waals surface area contributed by atoms with Crippen LogP contribution in [0.25, 0.3) is 0 Å². The lowest BCUT2D eigenvalue weighted by atomic mass is 10.1. The highest BCUT2D eigenvalue weighted by molar-refractivity contribution is 5.94. The van der Waals surface area contributed by atoms with Crippen LogP contribution in [0.15, 0.2) is 30.6 Å². The minimum atomic E-state index is -0.102. The van der Waals surface area contributed by atoms with Crippen molar-refractivity contribution in [1.82, 2.24) is 20.1 Å². The number of nitrogens with one attached hydrogen (secondary N) is 1. The molecule has 1 heterocycles. The van der Waals surface area contributed by atoms with E-state index in [1.54, 1.807) is 6.33 Å². The molecule has 124 valence electrons. The Labute approximate surface area is 137 Å². The normalized spacial score (nSPS) is 10.8. The molecule has 2 rings (SSSR count). The molecule has 0 saturated heterocycles. The summed E-state index contributed by atoms with van der Waals surface area (Å²) < 4.78 is 1.91. The first-order valence-corrected chi connectivity index (χ1v) is 8.08. The van der Waals surface area contributed by atoms with Crippen molar-refractivity contribution in [3.05, 3.63) is 42.0 Å². The van der Waals surface area contributed by atoms with Gasteiger partial charge in [-0.3, -0.25) is 4.79 Å². The number of rotatable bonds is 7. The summed E-state index contributed by atoms with van der Waals surface area (Å²) in [6.45, 7) is 10.6. The molecule has 0 radical (unpaired) electrons. The Morgan fingerprint density at radius 1 is 1.26 bits per heavy atom. The van der Waals surface area contributed by atoms with E-state index in [1.807, 2.05) is 35.8 Å². The number of carbonyl (C=O) groups excluding carboxylic acids is 1. The van der Waals surface area contributed by atoms with Gasteiger partial charge >= 0.3 is 0 Å². The summed E-state index contributed by atoms with van der Waals surface area (Å²) >= 11 is 0. The Kier molecular flexibility index (Phi) is 5.73. The molecule has 0 aliphatic rings. The summed E-state index contributed by atoms with van der Waals surface area (Å²) in [4.78, 5) is 14.5. The van der Waals surface area contributed by atoms with E-state index in [9.17, 15) is 4.79 Å². The van der Waals surface area contributed by atoms with Crippen LogP contribution in [0.3, 0.4) is 0 Å². The van der Waals surface area contributed by atoms with Crippen LogP contribution < -0.4 is 10.2 Å². The van der Waals surface area contributed by atoms with Crippen molar-refractivity contribution in [3.63, 3.8) is 0 Å². The third-order valence-corrected chi connectivity index (χ3v) is 3.87. The molecule has 1 aromatic carbocycles. The topological polar surface area (TPSA) is 63.1 Å². The summed E-state index contributed by atoms with van der Waals surface area (Å²) in [7, 11) is 0. The van der Waals surface area contributed by atoms with Gasteiger partial charge in [-0.05, 0) is 52.0 Å². The molecule has 0 aliphatic heterocycles. The zero-order valence-corrected chi connectivity index (χ0v) is 14.3. The largest absolute Gasteiger partial charge is 0.369 e. The zero-order valence-electron chi connectivity index (χ0n) is 14.3. The van der Waals surface area contributed by atoms with Gasteiger partial charge in [-0.25, -0.2) is 0 Å². The van der Waals surface area contributed by atoms with Gasteiger partial charge in [-0.1, -0.05) is 0 Å². The van der Waals surface area contributed by atoms with Crippen LogP contribution in [0.5, 0.6) is 0 Å². The Hall–Kier alpha value is -2.37. The van der Waals surface area contributed by atoms with Gasteiger partial charge < -0.3 is 14.8 Å². The third kappa shape index (κ3) is 4.09. The minimum absolute atomic E-state index is 0.102. The molecule has 1 amide bonds. The molecule has 0 saturated carbocycles. The van der Waals surface area contributed by atoms with Crippen LogP contribution in [-0.2, 0) is 13.1 Å². The van der Waals surface area contributed by atoms with Crippen molar-refractivity contribution in [1.29, 1.82) is 0 Å². The van der Waals surface area contributed by atoms with Crippen LogP contribution in [0.2, 0.25) is 0 Å². The van der Waals surface area contributed by atoms with Crippen LogP contribution in [0.4, 0.5) is 5.69 Å². The number of carbonyl (C=O) groups is 1. The Morgan fingerprint density at radius 3 is 2.52 bits per heavy atom. The quantitative estimate of drug-likeness (QED) is 0.852. The molecular formula is C17H25N5O. The van der Waals surface area contributed by atoms with E-state index in [-0.39, 0.29) is 5.91 Å². The van der Waals surface area contributed by atoms with Crippen LogP contribution in [-0.4, -0.2) is 33.3 Å². The lowest BCUT2D eigenvalue weighted by Gasteiger charge is -2.27. The second-order valence-electron chi connectivity index (χ2n) is 5.64. The van der Waals surface area contributed by atoms with Crippen molar-refractivity contribution in [2.75, 3.05) is 11.4 Å². The molecule has 0 atom stereocenters. The first kappa shape index (κ1) is 17.0. The minimum Gasteiger partial charge on any atom is -0.369 e. The predicted octanol–water partition coefficient (Wildman–Crippen LogP) is 2.46. The monoisotopic (exact) mass is 315 g/mol. The van der Waals surface area contributed by atoms with Crippen molar-refractivity contribution in [2.24, 2.45) is 0 Å². The third-order valence-electron chi connectivity index (χ3n) is 3.87. The number of benzene rings is 1. The van der Waals surface area contributed by atoms with Gasteiger partial charge in [0.05, 0.1) is 6.54 Å². The fourth-order valence-corrected chi connectivity index (χ4v) is 2.59. The molecular weight excluding hydrogens is 290 g/mol. The first-order chi connectivity index (χ1) is 11.1. The van der Waals surface area contributed by atoms with Crippen LogP contribution in [0.1, 0.15) is 43.9 Å². The molecule has 0 aliphatic carbocycles. The standard InChI is InChI=1S/C17H25N5O/c1-5-21-12-19-20-16(21)11-18-17(23)14-7-9-15(10-8-14)22(6-2)13(3)4/h7-10,12-13H,5-6,11H2,1-4H3,(H,18,23). The first-order valence-electron chi connectivity index (χ1n) is 8.08. The molecule has 1 N–H and O–H groups in total. The van der Waals surface area contributed by atoms with E-state index in [2.05, 4.69) is 41.2 Å². The van der Waals surface area contributed by atoms with Crippen molar-refractivity contribution in [3.8, 4) is 0 Å². The summed E-state index contributed by atoms with van der Waals surface area (Å²) in [5.41, 5.74) is 1.78. The number of hydrogen-bond acceptors (Lipinski definition) is 4. The lowest BCUT2D eigenvalue weighted by molar-refractivity contribution is 0.0949. The van der Waals surface area contributed by atoms with Gasteiger partial charge in [0.15, 0.2) is 5.82 Å². The number of amides is 1. The number of aryl methyl sites for hydroxylation is 1. The highest BCUT2D eigenvalue weighted by Gasteiger charge is 2.11. The maximum Gasteiger partial charge on any atom is 0.251 e. The highest BCUT2D eigenvalue weighted by Crippen LogP contribution is 2.17.